The zero-order chi connectivity index (χ0) is 16.0. The van der Waals surface area contributed by atoms with Crippen LogP contribution in [0.25, 0.3) is 0 Å². The first-order chi connectivity index (χ1) is 9.77. The van der Waals surface area contributed by atoms with Gasteiger partial charge in [-0.15, -0.1) is 0 Å². The lowest BCUT2D eigenvalue weighted by molar-refractivity contribution is 0.539. The largest absolute Gasteiger partial charge is 0.316 e. The molecule has 6 heteroatoms. The molecule has 0 saturated heterocycles. The number of rotatable bonds is 8. The summed E-state index contributed by atoms with van der Waals surface area (Å²) in [7, 11) is -1.63. The standard InChI is InChI=1S/C15H25BrN2O2S/c1-11(2)6-5-7-18-21(19,20)14-9-13(10-17-4)8-12(3)15(14)16/h8-9,11,17-18H,5-7,10H2,1-4H3. The molecule has 120 valence electrons. The van der Waals surface area contributed by atoms with E-state index in [-0.39, 0.29) is 0 Å². The van der Waals surface area contributed by atoms with Crippen LogP contribution in [0.2, 0.25) is 0 Å². The molecular formula is C15H25BrN2O2S. The molecule has 2 N–H and O–H groups in total. The Morgan fingerprint density at radius 3 is 2.52 bits per heavy atom. The normalized spacial score (nSPS) is 12.1. The zero-order valence-corrected chi connectivity index (χ0v) is 15.6. The number of halogens is 1. The Balaban J connectivity index is 2.91. The Morgan fingerprint density at radius 2 is 1.95 bits per heavy atom. The van der Waals surface area contributed by atoms with E-state index in [0.29, 0.717) is 28.4 Å². The van der Waals surface area contributed by atoms with E-state index in [1.807, 2.05) is 20.0 Å². The van der Waals surface area contributed by atoms with Crippen molar-refractivity contribution in [2.24, 2.45) is 5.92 Å². The highest BCUT2D eigenvalue weighted by Gasteiger charge is 2.19. The molecule has 0 aliphatic rings. The van der Waals surface area contributed by atoms with Crippen LogP contribution in [0.4, 0.5) is 0 Å². The molecule has 1 rings (SSSR count). The van der Waals surface area contributed by atoms with Crippen LogP contribution in [0.1, 0.15) is 37.8 Å². The quantitative estimate of drug-likeness (QED) is 0.684. The molecule has 0 aliphatic carbocycles. The molecule has 0 aliphatic heterocycles. The van der Waals surface area contributed by atoms with E-state index >= 15 is 0 Å². The smallest absolute Gasteiger partial charge is 0.241 e. The van der Waals surface area contributed by atoms with Crippen LogP contribution in [0.15, 0.2) is 21.5 Å². The highest BCUT2D eigenvalue weighted by atomic mass is 79.9. The summed E-state index contributed by atoms with van der Waals surface area (Å²) in [5.41, 5.74) is 1.88. The van der Waals surface area contributed by atoms with E-state index in [1.54, 1.807) is 6.07 Å². The van der Waals surface area contributed by atoms with Gasteiger partial charge in [-0.1, -0.05) is 19.9 Å². The number of hydrogen-bond acceptors (Lipinski definition) is 3. The third kappa shape index (κ3) is 5.70. The number of benzene rings is 1. The predicted octanol–water partition coefficient (Wildman–Crippen LogP) is 3.19. The van der Waals surface area contributed by atoms with E-state index < -0.39 is 10.0 Å². The monoisotopic (exact) mass is 376 g/mol. The van der Waals surface area contributed by atoms with E-state index in [9.17, 15) is 8.42 Å². The van der Waals surface area contributed by atoms with Crippen LogP contribution in [-0.4, -0.2) is 22.0 Å². The van der Waals surface area contributed by atoms with Crippen LogP contribution < -0.4 is 10.0 Å². The topological polar surface area (TPSA) is 58.2 Å². The fraction of sp³-hybridized carbons (Fsp3) is 0.600. The molecule has 0 unspecified atom stereocenters. The first kappa shape index (κ1) is 18.6. The van der Waals surface area contributed by atoms with Crippen molar-refractivity contribution in [2.75, 3.05) is 13.6 Å². The van der Waals surface area contributed by atoms with E-state index in [1.165, 1.54) is 0 Å². The molecule has 0 saturated carbocycles. The maximum Gasteiger partial charge on any atom is 0.241 e. The molecular weight excluding hydrogens is 352 g/mol. The first-order valence-electron chi connectivity index (χ1n) is 7.21. The second-order valence-electron chi connectivity index (χ2n) is 5.69. The minimum absolute atomic E-state index is 0.317. The Kier molecular flexibility index (Phi) is 7.33. The van der Waals surface area contributed by atoms with Crippen molar-refractivity contribution in [2.45, 2.75) is 45.1 Å². The molecule has 0 radical (unpaired) electrons. The maximum atomic E-state index is 12.4. The lowest BCUT2D eigenvalue weighted by Crippen LogP contribution is -2.26. The van der Waals surface area contributed by atoms with Crippen LogP contribution in [-0.2, 0) is 16.6 Å². The van der Waals surface area contributed by atoms with Gasteiger partial charge in [-0.2, -0.15) is 0 Å². The van der Waals surface area contributed by atoms with Gasteiger partial charge in [-0.3, -0.25) is 0 Å². The molecule has 0 amide bonds. The Morgan fingerprint density at radius 1 is 1.29 bits per heavy atom. The van der Waals surface area contributed by atoms with Crippen molar-refractivity contribution in [3.8, 4) is 0 Å². The minimum atomic E-state index is -3.48. The summed E-state index contributed by atoms with van der Waals surface area (Å²) in [4.78, 5) is 0.317. The summed E-state index contributed by atoms with van der Waals surface area (Å²) >= 11 is 3.39. The summed E-state index contributed by atoms with van der Waals surface area (Å²) < 4.78 is 28.2. The number of sulfonamides is 1. The van der Waals surface area contributed by atoms with Crippen LogP contribution in [0, 0.1) is 12.8 Å². The molecule has 0 spiro atoms. The summed E-state index contributed by atoms with van der Waals surface area (Å²) in [5, 5.41) is 3.04. The molecule has 0 bridgehead atoms. The molecule has 0 aromatic heterocycles. The fourth-order valence-electron chi connectivity index (χ4n) is 2.11. The summed E-state index contributed by atoms with van der Waals surface area (Å²) in [5.74, 6) is 0.586. The van der Waals surface area contributed by atoms with Crippen molar-refractivity contribution in [3.05, 3.63) is 27.7 Å². The van der Waals surface area contributed by atoms with Gasteiger partial charge in [0.05, 0.1) is 4.90 Å². The zero-order valence-electron chi connectivity index (χ0n) is 13.2. The summed E-state index contributed by atoms with van der Waals surface area (Å²) in [6.45, 7) is 7.29. The van der Waals surface area contributed by atoms with Gasteiger partial charge in [-0.25, -0.2) is 13.1 Å². The Labute approximate surface area is 136 Å². The molecule has 0 fully saturated rings. The molecule has 0 atom stereocenters. The van der Waals surface area contributed by atoms with Crippen molar-refractivity contribution in [3.63, 3.8) is 0 Å². The molecule has 0 heterocycles. The van der Waals surface area contributed by atoms with Gasteiger partial charge in [-0.05, 0) is 65.9 Å². The molecule has 4 nitrogen and oxygen atoms in total. The highest BCUT2D eigenvalue weighted by Crippen LogP contribution is 2.27. The first-order valence-corrected chi connectivity index (χ1v) is 9.49. The van der Waals surface area contributed by atoms with Crippen LogP contribution in [0.5, 0.6) is 0 Å². The van der Waals surface area contributed by atoms with E-state index in [2.05, 4.69) is 39.8 Å². The van der Waals surface area contributed by atoms with Crippen LogP contribution in [0.3, 0.4) is 0 Å². The number of aryl methyl sites for hydroxylation is 1. The van der Waals surface area contributed by atoms with Crippen molar-refractivity contribution in [1.29, 1.82) is 0 Å². The van der Waals surface area contributed by atoms with Crippen molar-refractivity contribution >= 4 is 26.0 Å². The van der Waals surface area contributed by atoms with E-state index in [0.717, 1.165) is 24.0 Å². The van der Waals surface area contributed by atoms with Gasteiger partial charge in [0.15, 0.2) is 0 Å². The average molecular weight is 377 g/mol. The Bertz CT molecular complexity index is 571. The third-order valence-corrected chi connectivity index (χ3v) is 6.00. The summed E-state index contributed by atoms with van der Waals surface area (Å²) in [6, 6.07) is 3.71. The third-order valence-electron chi connectivity index (χ3n) is 3.20. The number of hydrogen-bond donors (Lipinski definition) is 2. The second-order valence-corrected chi connectivity index (χ2v) is 8.22. The van der Waals surface area contributed by atoms with E-state index in [4.69, 9.17) is 0 Å². The fourth-order valence-corrected chi connectivity index (χ4v) is 4.25. The SMILES string of the molecule is CNCc1cc(C)c(Br)c(S(=O)(=O)NCCCC(C)C)c1. The average Bonchev–Trinajstić information content (AvgIpc) is 2.38. The molecule has 21 heavy (non-hydrogen) atoms. The minimum Gasteiger partial charge on any atom is -0.316 e. The van der Waals surface area contributed by atoms with Gasteiger partial charge in [0.1, 0.15) is 0 Å². The lowest BCUT2D eigenvalue weighted by Gasteiger charge is -2.13. The summed E-state index contributed by atoms with van der Waals surface area (Å²) in [6.07, 6.45) is 1.87. The van der Waals surface area contributed by atoms with Gasteiger partial charge in [0, 0.05) is 17.6 Å². The predicted molar refractivity (Wildman–Crippen MR) is 90.9 cm³/mol. The van der Waals surface area contributed by atoms with Crippen LogP contribution >= 0.6 is 15.9 Å². The Hall–Kier alpha value is -0.430. The highest BCUT2D eigenvalue weighted by molar-refractivity contribution is 9.10. The maximum absolute atomic E-state index is 12.4. The van der Waals surface area contributed by atoms with Crippen molar-refractivity contribution < 1.29 is 8.42 Å². The van der Waals surface area contributed by atoms with Gasteiger partial charge in [0.2, 0.25) is 10.0 Å². The molecule has 1 aromatic rings. The second kappa shape index (κ2) is 8.27. The lowest BCUT2D eigenvalue weighted by atomic mass is 10.1. The number of nitrogens with one attached hydrogen (secondary N) is 2. The van der Waals surface area contributed by atoms with Gasteiger partial charge in [0.25, 0.3) is 0 Å². The van der Waals surface area contributed by atoms with Gasteiger partial charge >= 0.3 is 0 Å². The molecule has 1 aromatic carbocycles. The van der Waals surface area contributed by atoms with Crippen molar-refractivity contribution in [1.82, 2.24) is 10.0 Å². The van der Waals surface area contributed by atoms with Gasteiger partial charge < -0.3 is 5.32 Å².